The van der Waals surface area contributed by atoms with Crippen LogP contribution in [0, 0.1) is 0 Å². The van der Waals surface area contributed by atoms with E-state index < -0.39 is 6.09 Å². The molecule has 1 aromatic rings. The van der Waals surface area contributed by atoms with E-state index in [4.69, 9.17) is 4.74 Å². The predicted molar refractivity (Wildman–Crippen MR) is 83.7 cm³/mol. The van der Waals surface area contributed by atoms with Crippen LogP contribution in [0.3, 0.4) is 0 Å². The summed E-state index contributed by atoms with van der Waals surface area (Å²) in [5.41, 5.74) is 2.47. The monoisotopic (exact) mass is 275 g/mol. The van der Waals surface area contributed by atoms with Crippen molar-refractivity contribution in [2.24, 2.45) is 4.99 Å². The van der Waals surface area contributed by atoms with Gasteiger partial charge in [0.05, 0.1) is 5.84 Å². The van der Waals surface area contributed by atoms with E-state index in [1.54, 1.807) is 14.0 Å². The summed E-state index contributed by atoms with van der Waals surface area (Å²) in [4.78, 5) is 17.6. The molecule has 1 N–H and O–H groups in total. The summed E-state index contributed by atoms with van der Waals surface area (Å²) in [6, 6.07) is 7.44. The molecule has 5 heteroatoms. The number of ether oxygens (including phenoxy) is 1. The third-order valence-electron chi connectivity index (χ3n) is 2.76. The minimum absolute atomic E-state index is 0.221. The molecule has 0 heterocycles. The second-order valence-electron chi connectivity index (χ2n) is 4.53. The summed E-state index contributed by atoms with van der Waals surface area (Å²) < 4.78 is 4.96. The predicted octanol–water partition coefficient (Wildman–Crippen LogP) is 3.30. The smallest absolute Gasteiger partial charge is 0.411 e. The molecule has 0 radical (unpaired) electrons. The fourth-order valence-corrected chi connectivity index (χ4v) is 1.45. The number of benzene rings is 1. The molecule has 1 rings (SSSR count). The molecule has 0 saturated carbocycles. The number of amidine groups is 1. The van der Waals surface area contributed by atoms with Crippen molar-refractivity contribution in [2.75, 3.05) is 30.9 Å². The van der Waals surface area contributed by atoms with Crippen LogP contribution < -0.4 is 10.2 Å². The van der Waals surface area contributed by atoms with Crippen LogP contribution in [0.2, 0.25) is 0 Å². The van der Waals surface area contributed by atoms with Crippen LogP contribution >= 0.6 is 0 Å². The number of anilines is 2. The number of hydrogen-bond donors (Lipinski definition) is 1. The Balaban J connectivity index is 2.63. The zero-order valence-electron chi connectivity index (χ0n) is 12.4. The van der Waals surface area contributed by atoms with Crippen molar-refractivity contribution in [2.45, 2.75) is 13.8 Å². The quantitative estimate of drug-likeness (QED) is 0.521. The van der Waals surface area contributed by atoms with Gasteiger partial charge in [0.25, 0.3) is 0 Å². The average molecular weight is 275 g/mol. The largest absolute Gasteiger partial charge is 0.445 e. The van der Waals surface area contributed by atoms with Crippen molar-refractivity contribution in [3.8, 4) is 0 Å². The molecule has 0 aliphatic rings. The summed E-state index contributed by atoms with van der Waals surface area (Å²) in [7, 11) is 3.69. The van der Waals surface area contributed by atoms with Gasteiger partial charge in [-0.25, -0.2) is 4.79 Å². The minimum Gasteiger partial charge on any atom is -0.445 e. The number of carbonyl (C=O) groups is 1. The molecule has 20 heavy (non-hydrogen) atoms. The Bertz CT molecular complexity index is 506. The number of carbonyl (C=O) groups excluding carboxylic acids is 1. The lowest BCUT2D eigenvalue weighted by molar-refractivity contribution is 0.171. The second kappa shape index (κ2) is 7.33. The van der Waals surface area contributed by atoms with Crippen molar-refractivity contribution in [3.63, 3.8) is 0 Å². The first-order chi connectivity index (χ1) is 9.43. The first-order valence-electron chi connectivity index (χ1n) is 6.29. The number of hydrogen-bond acceptors (Lipinski definition) is 3. The van der Waals surface area contributed by atoms with E-state index in [9.17, 15) is 4.79 Å². The van der Waals surface area contributed by atoms with Gasteiger partial charge in [0.2, 0.25) is 0 Å². The van der Waals surface area contributed by atoms with E-state index in [1.165, 1.54) is 0 Å². The summed E-state index contributed by atoms with van der Waals surface area (Å²) in [6.07, 6.45) is -0.486. The zero-order chi connectivity index (χ0) is 15.1. The van der Waals surface area contributed by atoms with Crippen LogP contribution in [0.15, 0.2) is 41.4 Å². The molecule has 0 aliphatic carbocycles. The van der Waals surface area contributed by atoms with E-state index >= 15 is 0 Å². The van der Waals surface area contributed by atoms with Crippen LogP contribution in [0.1, 0.15) is 13.8 Å². The molecule has 0 atom stereocenters. The number of amides is 1. The van der Waals surface area contributed by atoms with E-state index in [0.29, 0.717) is 5.69 Å². The maximum atomic E-state index is 11.5. The average Bonchev–Trinajstić information content (AvgIpc) is 2.44. The standard InChI is InChI=1S/C15H21N3O2/c1-11(2)10-20-15(19)17-13-6-8-14(9-7-13)18(5)12(3)16-4/h6-9H,1,10H2,2-5H3,(H,17,19). The Kier molecular flexibility index (Phi) is 5.77. The SMILES string of the molecule is C=C(C)COC(=O)Nc1ccc(N(C)C(C)=NC)cc1. The van der Waals surface area contributed by atoms with Crippen LogP contribution in [0.25, 0.3) is 0 Å². The summed E-state index contributed by atoms with van der Waals surface area (Å²) in [6.45, 7) is 7.62. The third kappa shape index (κ3) is 4.76. The third-order valence-corrected chi connectivity index (χ3v) is 2.76. The van der Waals surface area contributed by atoms with Gasteiger partial charge in [0.1, 0.15) is 6.61 Å². The van der Waals surface area contributed by atoms with Crippen molar-refractivity contribution in [1.29, 1.82) is 0 Å². The zero-order valence-corrected chi connectivity index (χ0v) is 12.4. The first kappa shape index (κ1) is 15.8. The Hall–Kier alpha value is -2.30. The number of rotatable bonds is 4. The molecular weight excluding hydrogens is 254 g/mol. The molecule has 1 amide bonds. The Morgan fingerprint density at radius 3 is 2.45 bits per heavy atom. The topological polar surface area (TPSA) is 53.9 Å². The highest BCUT2D eigenvalue weighted by Crippen LogP contribution is 2.17. The highest BCUT2D eigenvalue weighted by molar-refractivity contribution is 5.95. The lowest BCUT2D eigenvalue weighted by Crippen LogP contribution is -2.23. The number of nitrogens with one attached hydrogen (secondary N) is 1. The van der Waals surface area contributed by atoms with Crippen molar-refractivity contribution in [1.82, 2.24) is 0 Å². The van der Waals surface area contributed by atoms with E-state index in [2.05, 4.69) is 16.9 Å². The van der Waals surface area contributed by atoms with Gasteiger partial charge < -0.3 is 9.64 Å². The Morgan fingerprint density at radius 1 is 1.35 bits per heavy atom. The van der Waals surface area contributed by atoms with Gasteiger partial charge in [-0.15, -0.1) is 0 Å². The fraction of sp³-hybridized carbons (Fsp3) is 0.333. The van der Waals surface area contributed by atoms with Gasteiger partial charge in [-0.05, 0) is 43.7 Å². The van der Waals surface area contributed by atoms with Crippen LogP contribution in [0.5, 0.6) is 0 Å². The molecular formula is C15H21N3O2. The second-order valence-corrected chi connectivity index (χ2v) is 4.53. The molecule has 0 spiro atoms. The van der Waals surface area contributed by atoms with E-state index in [-0.39, 0.29) is 6.61 Å². The lowest BCUT2D eigenvalue weighted by Gasteiger charge is -2.18. The van der Waals surface area contributed by atoms with Crippen LogP contribution in [0.4, 0.5) is 16.2 Å². The minimum atomic E-state index is -0.486. The summed E-state index contributed by atoms with van der Waals surface area (Å²) in [5.74, 6) is 0.909. The van der Waals surface area contributed by atoms with Gasteiger partial charge in [0.15, 0.2) is 0 Å². The van der Waals surface area contributed by atoms with E-state index in [1.807, 2.05) is 43.1 Å². The van der Waals surface area contributed by atoms with Crippen LogP contribution in [-0.4, -0.2) is 32.6 Å². The fourth-order valence-electron chi connectivity index (χ4n) is 1.45. The van der Waals surface area contributed by atoms with Gasteiger partial charge in [0, 0.05) is 25.5 Å². The molecule has 108 valence electrons. The molecule has 0 aliphatic heterocycles. The first-order valence-corrected chi connectivity index (χ1v) is 6.29. The Labute approximate surface area is 120 Å². The molecule has 0 bridgehead atoms. The molecule has 1 aromatic carbocycles. The van der Waals surface area contributed by atoms with Crippen molar-refractivity contribution in [3.05, 3.63) is 36.4 Å². The van der Waals surface area contributed by atoms with Gasteiger partial charge in [-0.1, -0.05) is 6.58 Å². The molecule has 0 fully saturated rings. The molecule has 0 saturated heterocycles. The Morgan fingerprint density at radius 2 is 1.95 bits per heavy atom. The lowest BCUT2D eigenvalue weighted by atomic mass is 10.2. The molecule has 0 aromatic heterocycles. The van der Waals surface area contributed by atoms with Crippen LogP contribution in [-0.2, 0) is 4.74 Å². The summed E-state index contributed by atoms with van der Waals surface area (Å²) in [5, 5.41) is 2.66. The number of aliphatic imine (C=N–C) groups is 1. The highest BCUT2D eigenvalue weighted by atomic mass is 16.5. The van der Waals surface area contributed by atoms with Gasteiger partial charge >= 0.3 is 6.09 Å². The summed E-state index contributed by atoms with van der Waals surface area (Å²) >= 11 is 0. The van der Waals surface area contributed by atoms with Crippen molar-refractivity contribution < 1.29 is 9.53 Å². The molecule has 5 nitrogen and oxygen atoms in total. The maximum absolute atomic E-state index is 11.5. The molecule has 0 unspecified atom stereocenters. The normalized spacial score (nSPS) is 10.9. The maximum Gasteiger partial charge on any atom is 0.411 e. The van der Waals surface area contributed by atoms with Gasteiger partial charge in [-0.2, -0.15) is 0 Å². The van der Waals surface area contributed by atoms with Gasteiger partial charge in [-0.3, -0.25) is 10.3 Å². The van der Waals surface area contributed by atoms with E-state index in [0.717, 1.165) is 17.1 Å². The number of nitrogens with zero attached hydrogens (tertiary/aromatic N) is 2. The van der Waals surface area contributed by atoms with Crippen molar-refractivity contribution >= 4 is 23.3 Å². The highest BCUT2D eigenvalue weighted by Gasteiger charge is 2.06.